The van der Waals surface area contributed by atoms with Crippen LogP contribution in [0.15, 0.2) is 42.6 Å². The highest BCUT2D eigenvalue weighted by atomic mass is 35.5. The summed E-state index contributed by atoms with van der Waals surface area (Å²) in [6, 6.07) is 10.7. The van der Waals surface area contributed by atoms with Gasteiger partial charge in [0.15, 0.2) is 0 Å². The van der Waals surface area contributed by atoms with E-state index in [0.717, 1.165) is 30.2 Å². The van der Waals surface area contributed by atoms with E-state index in [-0.39, 0.29) is 5.78 Å². The first-order valence-electron chi connectivity index (χ1n) is 10.8. The molecule has 1 saturated carbocycles. The van der Waals surface area contributed by atoms with Crippen molar-refractivity contribution >= 4 is 40.4 Å². The van der Waals surface area contributed by atoms with Gasteiger partial charge in [-0.25, -0.2) is 0 Å². The van der Waals surface area contributed by atoms with Gasteiger partial charge in [-0.05, 0) is 55.0 Å². The lowest BCUT2D eigenvalue weighted by atomic mass is 10.0. The Morgan fingerprint density at radius 1 is 1.22 bits per heavy atom. The van der Waals surface area contributed by atoms with Crippen molar-refractivity contribution in [3.8, 4) is 17.2 Å². The second-order valence-electron chi connectivity index (χ2n) is 8.00. The molecule has 1 aromatic heterocycles. The quantitative estimate of drug-likeness (QED) is 0.364. The van der Waals surface area contributed by atoms with Gasteiger partial charge in [-0.3, -0.25) is 14.6 Å². The van der Waals surface area contributed by atoms with Crippen LogP contribution in [0.2, 0.25) is 5.02 Å². The van der Waals surface area contributed by atoms with E-state index in [4.69, 9.17) is 21.1 Å². The van der Waals surface area contributed by atoms with E-state index in [0.29, 0.717) is 65.3 Å². The lowest BCUT2D eigenvalue weighted by Gasteiger charge is -2.14. The lowest BCUT2D eigenvalue weighted by Crippen LogP contribution is -2.04. The highest BCUT2D eigenvalue weighted by molar-refractivity contribution is 6.31. The number of carbonyl (C=O) groups excluding carboxylic acids is 2. The number of benzene rings is 2. The minimum atomic E-state index is 0.222. The van der Waals surface area contributed by atoms with E-state index in [1.165, 1.54) is 0 Å². The number of anilines is 1. The summed E-state index contributed by atoms with van der Waals surface area (Å²) in [7, 11) is 0. The van der Waals surface area contributed by atoms with E-state index in [1.54, 1.807) is 36.5 Å². The number of nitrogens with one attached hydrogen (secondary N) is 1. The number of fused-ring (bicyclic) bond motifs is 1. The Morgan fingerprint density at radius 3 is 2.78 bits per heavy atom. The van der Waals surface area contributed by atoms with Crippen molar-refractivity contribution in [1.29, 1.82) is 0 Å². The minimum absolute atomic E-state index is 0.222. The van der Waals surface area contributed by atoms with E-state index in [1.807, 2.05) is 13.0 Å². The largest absolute Gasteiger partial charge is 0.491 e. The predicted octanol–water partition coefficient (Wildman–Crippen LogP) is 5.95. The molecule has 0 radical (unpaired) electrons. The fraction of sp³-hybridized carbons (Fsp3) is 0.320. The van der Waals surface area contributed by atoms with Crippen LogP contribution in [-0.2, 0) is 16.0 Å². The van der Waals surface area contributed by atoms with Gasteiger partial charge in [-0.15, -0.1) is 0 Å². The summed E-state index contributed by atoms with van der Waals surface area (Å²) in [5, 5.41) is 3.90. The molecule has 32 heavy (non-hydrogen) atoms. The Kier molecular flexibility index (Phi) is 6.90. The van der Waals surface area contributed by atoms with Gasteiger partial charge in [0, 0.05) is 35.5 Å². The third-order valence-electron chi connectivity index (χ3n) is 5.33. The van der Waals surface area contributed by atoms with E-state index >= 15 is 0 Å². The molecule has 0 spiro atoms. The first kappa shape index (κ1) is 22.1. The molecule has 2 aromatic carbocycles. The van der Waals surface area contributed by atoms with Crippen LogP contribution in [0.1, 0.15) is 38.2 Å². The number of carbonyl (C=O) groups is 2. The molecule has 1 amide bonds. The average molecular weight is 453 g/mol. The van der Waals surface area contributed by atoms with Crippen LogP contribution in [0.3, 0.4) is 0 Å². The van der Waals surface area contributed by atoms with Crippen molar-refractivity contribution in [3.63, 3.8) is 0 Å². The number of hydrogen-bond donors (Lipinski definition) is 1. The van der Waals surface area contributed by atoms with Crippen molar-refractivity contribution in [2.45, 2.75) is 39.0 Å². The monoisotopic (exact) mass is 452 g/mol. The highest BCUT2D eigenvalue weighted by Crippen LogP contribution is 2.37. The lowest BCUT2D eigenvalue weighted by molar-refractivity contribution is -0.118. The molecule has 0 unspecified atom stereocenters. The van der Waals surface area contributed by atoms with Crippen LogP contribution in [0.4, 0.5) is 5.69 Å². The van der Waals surface area contributed by atoms with Crippen LogP contribution in [0, 0.1) is 5.92 Å². The molecule has 7 heteroatoms. The molecule has 0 atom stereocenters. The summed E-state index contributed by atoms with van der Waals surface area (Å²) in [4.78, 5) is 27.7. The smallest absolute Gasteiger partial charge is 0.211 e. The number of amides is 1. The molecular formula is C25H25ClN2O4. The summed E-state index contributed by atoms with van der Waals surface area (Å²) in [5.41, 5.74) is 2.03. The molecule has 0 bridgehead atoms. The molecule has 6 nitrogen and oxygen atoms in total. The highest BCUT2D eigenvalue weighted by Gasteiger charge is 2.24. The summed E-state index contributed by atoms with van der Waals surface area (Å²) < 4.78 is 11.8. The number of Topliss-reactive ketones (excluding diaryl/α,β-unsaturated/α-hetero) is 1. The van der Waals surface area contributed by atoms with Gasteiger partial charge in [0.25, 0.3) is 0 Å². The van der Waals surface area contributed by atoms with Gasteiger partial charge in [-0.1, -0.05) is 24.6 Å². The van der Waals surface area contributed by atoms with Gasteiger partial charge >= 0.3 is 0 Å². The Labute approximate surface area is 191 Å². The van der Waals surface area contributed by atoms with Crippen LogP contribution in [0.25, 0.3) is 10.9 Å². The predicted molar refractivity (Wildman–Crippen MR) is 125 cm³/mol. The Bertz CT molecular complexity index is 1140. The summed E-state index contributed by atoms with van der Waals surface area (Å²) >= 11 is 6.44. The summed E-state index contributed by atoms with van der Waals surface area (Å²) in [6.45, 7) is 2.54. The first-order chi connectivity index (χ1) is 15.6. The van der Waals surface area contributed by atoms with E-state index in [2.05, 4.69) is 10.3 Å². The van der Waals surface area contributed by atoms with Gasteiger partial charge in [-0.2, -0.15) is 0 Å². The van der Waals surface area contributed by atoms with Gasteiger partial charge in [0.2, 0.25) is 6.41 Å². The van der Waals surface area contributed by atoms with Crippen LogP contribution >= 0.6 is 11.6 Å². The molecule has 3 aromatic rings. The number of nitrogens with zero attached hydrogens (tertiary/aromatic N) is 1. The van der Waals surface area contributed by atoms with Crippen LogP contribution in [0.5, 0.6) is 17.2 Å². The summed E-state index contributed by atoms with van der Waals surface area (Å²) in [6.07, 6.45) is 6.40. The standard InChI is InChI=1S/C25H25ClN2O4/c1-2-9-31-25-14-22-20(13-23(25)28-15-29)24(7-8-27-22)32-19-6-5-17(21(26)12-19)11-18(30)10-16-3-4-16/h5-8,12-16H,2-4,9-11H2,1H3,(H,28,29). The second kappa shape index (κ2) is 10.0. The van der Waals surface area contributed by atoms with E-state index < -0.39 is 0 Å². The molecule has 1 aliphatic carbocycles. The average Bonchev–Trinajstić information content (AvgIpc) is 3.58. The zero-order chi connectivity index (χ0) is 22.5. The maximum atomic E-state index is 12.2. The SMILES string of the molecule is CCCOc1cc2nccc(Oc3ccc(CC(=O)CC4CC4)c(Cl)c3)c2cc1NC=O. The fourth-order valence-electron chi connectivity index (χ4n) is 3.54. The van der Waals surface area contributed by atoms with E-state index in [9.17, 15) is 9.59 Å². The molecule has 0 aliphatic heterocycles. The van der Waals surface area contributed by atoms with Crippen LogP contribution in [-0.4, -0.2) is 23.8 Å². The molecule has 4 rings (SSSR count). The number of hydrogen-bond acceptors (Lipinski definition) is 5. The molecule has 1 aliphatic rings. The molecule has 166 valence electrons. The molecule has 0 saturated heterocycles. The van der Waals surface area contributed by atoms with Crippen molar-refractivity contribution in [2.75, 3.05) is 11.9 Å². The van der Waals surface area contributed by atoms with Crippen LogP contribution < -0.4 is 14.8 Å². The van der Waals surface area contributed by atoms with Crippen molar-refractivity contribution < 1.29 is 19.1 Å². The zero-order valence-corrected chi connectivity index (χ0v) is 18.7. The van der Waals surface area contributed by atoms with Crippen molar-refractivity contribution in [2.24, 2.45) is 5.92 Å². The summed E-state index contributed by atoms with van der Waals surface area (Å²) in [5.74, 6) is 2.46. The molecule has 1 heterocycles. The van der Waals surface area contributed by atoms with Gasteiger partial charge < -0.3 is 14.8 Å². The van der Waals surface area contributed by atoms with Gasteiger partial charge in [0.05, 0.1) is 17.8 Å². The third-order valence-corrected chi connectivity index (χ3v) is 5.68. The Balaban J connectivity index is 1.57. The third kappa shape index (κ3) is 5.37. The van der Waals surface area contributed by atoms with Crippen molar-refractivity contribution in [1.82, 2.24) is 4.98 Å². The maximum Gasteiger partial charge on any atom is 0.211 e. The number of ketones is 1. The number of halogens is 1. The second-order valence-corrected chi connectivity index (χ2v) is 8.41. The Morgan fingerprint density at radius 2 is 2.06 bits per heavy atom. The van der Waals surface area contributed by atoms with Gasteiger partial charge in [0.1, 0.15) is 23.0 Å². The number of pyridine rings is 1. The normalized spacial score (nSPS) is 13.1. The molecular weight excluding hydrogens is 428 g/mol. The molecule has 1 fully saturated rings. The minimum Gasteiger partial charge on any atom is -0.491 e. The van der Waals surface area contributed by atoms with Crippen molar-refractivity contribution in [3.05, 3.63) is 53.2 Å². The topological polar surface area (TPSA) is 77.5 Å². The molecule has 1 N–H and O–H groups in total. The number of aromatic nitrogens is 1. The number of ether oxygens (including phenoxy) is 2. The zero-order valence-electron chi connectivity index (χ0n) is 17.9. The fourth-order valence-corrected chi connectivity index (χ4v) is 3.77. The Hall–Kier alpha value is -3.12. The maximum absolute atomic E-state index is 12.2. The number of rotatable bonds is 11. The first-order valence-corrected chi connectivity index (χ1v) is 11.2.